The summed E-state index contributed by atoms with van der Waals surface area (Å²) >= 11 is 1.87. The average molecular weight is 1730 g/mol. The van der Waals surface area contributed by atoms with Gasteiger partial charge in [-0.3, -0.25) is 4.90 Å². The van der Waals surface area contributed by atoms with Crippen LogP contribution in [0.15, 0.2) is 407 Å². The minimum Gasteiger partial charge on any atom is -0.456 e. The average Bonchev–Trinajstić information content (AvgIpc) is 1.05. The third-order valence-electron chi connectivity index (χ3n) is 26.7. The van der Waals surface area contributed by atoms with E-state index in [0.717, 1.165) is 130 Å². The molecule has 2 aliphatic rings. The number of anilines is 12. The van der Waals surface area contributed by atoms with Crippen LogP contribution in [0, 0.1) is 27.7 Å². The first-order valence-electron chi connectivity index (χ1n) is 46.0. The molecule has 0 amide bonds. The van der Waals surface area contributed by atoms with Crippen LogP contribution in [-0.2, 0) is 10.8 Å². The van der Waals surface area contributed by atoms with Gasteiger partial charge >= 0.3 is 0 Å². The first-order valence-corrected chi connectivity index (χ1v) is 46.8. The molecule has 0 unspecified atom stereocenters. The molecule has 24 rings (SSSR count). The minimum absolute atomic E-state index is 0.0618. The van der Waals surface area contributed by atoms with Gasteiger partial charge in [0.1, 0.15) is 28.8 Å². The van der Waals surface area contributed by atoms with Crippen LogP contribution in [-0.4, -0.2) is 4.98 Å². The van der Waals surface area contributed by atoms with Crippen LogP contribution in [0.25, 0.3) is 129 Å². The Balaban J connectivity index is 0.000000151. The topological polar surface area (TPSA) is 44.3 Å². The highest BCUT2D eigenvalue weighted by atomic mass is 32.1. The predicted octanol–water partition coefficient (Wildman–Crippen LogP) is 36.6. The molecule has 20 aromatic carbocycles. The van der Waals surface area contributed by atoms with Crippen molar-refractivity contribution in [3.8, 4) is 67.5 Å². The normalized spacial score (nSPS) is 12.1. The van der Waals surface area contributed by atoms with E-state index in [4.69, 9.17) is 14.5 Å². The van der Waals surface area contributed by atoms with E-state index in [9.17, 15) is 0 Å². The molecule has 133 heavy (non-hydrogen) atoms. The molecule has 0 saturated carbocycles. The highest BCUT2D eigenvalue weighted by Crippen LogP contribution is 2.57. The standard InChI is InChI=1S/C63H55N3O.C62H42N2OS/c1-40-19-30-50-52(42-20-32-60(64-39-42)66(46-17-13-10-14-18-46)48-27-23-44(24-28-48)63(6,7)8)37-55-54(53(50)33-40)38-57-51-31-29-49(36-58(51)67-59-35-41(2)34-56(55)61(57)59)65(45-15-11-9-12-16-45)47-25-21-43(22-26-47)62(3,4)5;1-39-23-27-48-52(41-24-28-50-51-30-26-47(36-61(51)66-60(50)34-41)64(44-19-11-5-12-20-44)45-21-13-6-14-22-45)37-55-54(53(48)31-39)38-57-49-29-25-46(35-58(49)65-59-33-40(2)32-56(55)62(57)59)63(42-15-7-3-8-16-42)43-17-9-4-10-18-43/h9-39H,1-8H3;3-38H,1-2H3. The van der Waals surface area contributed by atoms with Crippen LogP contribution >= 0.6 is 11.3 Å². The van der Waals surface area contributed by atoms with Crippen LogP contribution in [0.3, 0.4) is 0 Å². The summed E-state index contributed by atoms with van der Waals surface area (Å²) in [5.41, 5.74) is 28.8. The van der Waals surface area contributed by atoms with E-state index in [1.165, 1.54) is 124 Å². The Morgan fingerprint density at radius 2 is 0.534 bits per heavy atom. The number of rotatable bonds is 14. The van der Waals surface area contributed by atoms with Crippen molar-refractivity contribution < 1.29 is 9.47 Å². The van der Waals surface area contributed by atoms with Crippen LogP contribution in [0.1, 0.15) is 74.9 Å². The van der Waals surface area contributed by atoms with Crippen molar-refractivity contribution in [2.45, 2.75) is 80.1 Å². The fraction of sp³-hybridized carbons (Fsp3) is 0.0960. The molecule has 22 aromatic rings. The molecule has 0 fully saturated rings. The molecule has 0 saturated heterocycles. The van der Waals surface area contributed by atoms with E-state index in [1.807, 2.05) is 17.5 Å². The van der Waals surface area contributed by atoms with Crippen molar-refractivity contribution in [1.82, 2.24) is 4.98 Å². The number of aryl methyl sites for hydroxylation is 4. The zero-order valence-corrected chi connectivity index (χ0v) is 77.0. The number of thiophene rings is 1. The Morgan fingerprint density at radius 1 is 0.218 bits per heavy atom. The van der Waals surface area contributed by atoms with Gasteiger partial charge < -0.3 is 24.2 Å². The maximum Gasteiger partial charge on any atom is 0.137 e. The molecule has 0 spiro atoms. The molecule has 0 bridgehead atoms. The maximum atomic E-state index is 7.02. The highest BCUT2D eigenvalue weighted by Gasteiger charge is 2.31. The van der Waals surface area contributed by atoms with Crippen molar-refractivity contribution in [3.63, 3.8) is 0 Å². The molecular formula is C125H97N5O2S. The summed E-state index contributed by atoms with van der Waals surface area (Å²) in [6, 6.07) is 146. The fourth-order valence-electron chi connectivity index (χ4n) is 20.2. The monoisotopic (exact) mass is 1730 g/mol. The molecule has 0 radical (unpaired) electrons. The quantitative estimate of drug-likeness (QED) is 0.101. The van der Waals surface area contributed by atoms with Gasteiger partial charge in [0.2, 0.25) is 0 Å². The smallest absolute Gasteiger partial charge is 0.137 e. The number of benzene rings is 20. The van der Waals surface area contributed by atoms with Crippen molar-refractivity contribution in [3.05, 3.63) is 440 Å². The van der Waals surface area contributed by atoms with Gasteiger partial charge in [-0.1, -0.05) is 253 Å². The molecule has 7 nitrogen and oxygen atoms in total. The summed E-state index contributed by atoms with van der Waals surface area (Å²) in [6.45, 7) is 22.3. The molecule has 0 atom stereocenters. The SMILES string of the molecule is Cc1ccc2c(-c3ccc(N(c4ccccc4)c4ccc(C(C)(C)C)cc4)nc3)cc3c4cc(C)cc5c4c(cc3c2c1)-c1ccc(N(c2ccccc2)c2ccc(C(C)(C)C)cc2)cc1O5.Cc1ccc2c(-c3ccc4c(c3)sc3cc(N(c5ccccc5)c5ccccc5)ccc34)cc3c4cc(C)cc5c4c(cc3c2c1)-c1ccc(N(c2ccccc2)c2ccccc2)cc1O5. The van der Waals surface area contributed by atoms with Crippen molar-refractivity contribution >= 4 is 165 Å². The molecule has 4 heterocycles. The fourth-order valence-corrected chi connectivity index (χ4v) is 21.4. The van der Waals surface area contributed by atoms with E-state index in [-0.39, 0.29) is 10.8 Å². The van der Waals surface area contributed by atoms with Crippen LogP contribution in [0.4, 0.5) is 68.4 Å². The molecule has 640 valence electrons. The van der Waals surface area contributed by atoms with Gasteiger partial charge in [-0.15, -0.1) is 11.3 Å². The maximum absolute atomic E-state index is 7.02. The summed E-state index contributed by atoms with van der Waals surface area (Å²) in [6.07, 6.45) is 2.04. The number of hydrogen-bond donors (Lipinski definition) is 0. The zero-order chi connectivity index (χ0) is 90.1. The Morgan fingerprint density at radius 3 is 0.940 bits per heavy atom. The van der Waals surface area contributed by atoms with Gasteiger partial charge in [-0.25, -0.2) is 4.98 Å². The number of ether oxygens (including phenoxy) is 2. The van der Waals surface area contributed by atoms with E-state index < -0.39 is 0 Å². The van der Waals surface area contributed by atoms with Gasteiger partial charge in [0.05, 0.1) is 0 Å². The summed E-state index contributed by atoms with van der Waals surface area (Å²) in [4.78, 5) is 14.4. The number of aromatic nitrogens is 1. The summed E-state index contributed by atoms with van der Waals surface area (Å²) < 4.78 is 16.6. The van der Waals surface area contributed by atoms with Crippen molar-refractivity contribution in [1.29, 1.82) is 0 Å². The zero-order valence-electron chi connectivity index (χ0n) is 76.1. The molecule has 0 N–H and O–H groups in total. The molecule has 2 aromatic heterocycles. The second-order valence-corrected chi connectivity index (χ2v) is 38.9. The van der Waals surface area contributed by atoms with Gasteiger partial charge in [-0.05, 0) is 331 Å². The third kappa shape index (κ3) is 14.8. The molecule has 8 heteroatoms. The lowest BCUT2D eigenvalue weighted by Gasteiger charge is -2.29. The highest BCUT2D eigenvalue weighted by molar-refractivity contribution is 7.25. The van der Waals surface area contributed by atoms with Crippen molar-refractivity contribution in [2.75, 3.05) is 19.6 Å². The molecular weight excluding hydrogens is 1640 g/mol. The Labute approximate surface area is 780 Å². The molecule has 0 aliphatic carbocycles. The first kappa shape index (κ1) is 81.6. The van der Waals surface area contributed by atoms with Crippen LogP contribution < -0.4 is 29.1 Å². The van der Waals surface area contributed by atoms with E-state index in [1.54, 1.807) is 0 Å². The molecule has 2 aliphatic heterocycles. The number of para-hydroxylation sites is 6. The van der Waals surface area contributed by atoms with Crippen LogP contribution in [0.2, 0.25) is 0 Å². The largest absolute Gasteiger partial charge is 0.456 e. The Hall–Kier alpha value is -15.9. The van der Waals surface area contributed by atoms with Gasteiger partial charge in [-0.2, -0.15) is 0 Å². The number of nitrogens with zero attached hydrogens (tertiary/aromatic N) is 5. The number of pyridine rings is 1. The number of fused-ring (bicyclic) bond motifs is 15. The summed E-state index contributed by atoms with van der Waals surface area (Å²) in [5.74, 6) is 4.35. The van der Waals surface area contributed by atoms with Crippen LogP contribution in [0.5, 0.6) is 23.0 Å². The van der Waals surface area contributed by atoms with Gasteiger partial charge in [0.15, 0.2) is 0 Å². The first-order chi connectivity index (χ1) is 64.8. The van der Waals surface area contributed by atoms with E-state index >= 15 is 0 Å². The lowest BCUT2D eigenvalue weighted by atomic mass is 9.85. The second kappa shape index (κ2) is 32.6. The van der Waals surface area contributed by atoms with E-state index in [0.29, 0.717) is 0 Å². The van der Waals surface area contributed by atoms with Crippen molar-refractivity contribution in [2.24, 2.45) is 0 Å². The Kier molecular flexibility index (Phi) is 20.0. The van der Waals surface area contributed by atoms with Gasteiger partial charge in [0.25, 0.3) is 0 Å². The lowest BCUT2D eigenvalue weighted by molar-refractivity contribution is 0.486. The third-order valence-corrected chi connectivity index (χ3v) is 27.8. The predicted molar refractivity (Wildman–Crippen MR) is 566 cm³/mol. The van der Waals surface area contributed by atoms with E-state index in [2.05, 4.69) is 489 Å². The minimum atomic E-state index is 0.0618. The second-order valence-electron chi connectivity index (χ2n) is 37.8. The van der Waals surface area contributed by atoms with Gasteiger partial charge in [0, 0.05) is 129 Å². The summed E-state index contributed by atoms with van der Waals surface area (Å²) in [7, 11) is 0. The number of hydrogen-bond acceptors (Lipinski definition) is 8. The Bertz CT molecular complexity index is 8260. The lowest BCUT2D eigenvalue weighted by Crippen LogP contribution is -2.13. The summed E-state index contributed by atoms with van der Waals surface area (Å²) in [5, 5.41) is 17.1.